The van der Waals surface area contributed by atoms with Gasteiger partial charge < -0.3 is 9.84 Å². The van der Waals surface area contributed by atoms with E-state index in [4.69, 9.17) is 9.84 Å². The standard InChI is InChI=1S/C14H12FNO3/c1-9-3-2-6-16-14(9)19-12-5-4-10(7-11(12)15)8-13(17)18/h2-7H,8H2,1H3,(H,17,18). The highest BCUT2D eigenvalue weighted by atomic mass is 19.1. The number of carbonyl (C=O) groups is 1. The SMILES string of the molecule is Cc1cccnc1Oc1ccc(CC(=O)O)cc1F. The highest BCUT2D eigenvalue weighted by Crippen LogP contribution is 2.25. The van der Waals surface area contributed by atoms with Gasteiger partial charge >= 0.3 is 5.97 Å². The molecule has 1 heterocycles. The highest BCUT2D eigenvalue weighted by Gasteiger charge is 2.09. The van der Waals surface area contributed by atoms with Crippen LogP contribution in [0.5, 0.6) is 11.6 Å². The van der Waals surface area contributed by atoms with Crippen molar-refractivity contribution in [3.05, 3.63) is 53.5 Å². The van der Waals surface area contributed by atoms with Gasteiger partial charge in [-0.15, -0.1) is 0 Å². The van der Waals surface area contributed by atoms with Crippen molar-refractivity contribution in [3.8, 4) is 11.6 Å². The van der Waals surface area contributed by atoms with Crippen LogP contribution in [0.2, 0.25) is 0 Å². The number of pyridine rings is 1. The van der Waals surface area contributed by atoms with E-state index in [1.54, 1.807) is 25.3 Å². The van der Waals surface area contributed by atoms with Crippen LogP contribution >= 0.6 is 0 Å². The second kappa shape index (κ2) is 5.48. The summed E-state index contributed by atoms with van der Waals surface area (Å²) in [6.07, 6.45) is 1.33. The normalized spacial score (nSPS) is 10.2. The zero-order chi connectivity index (χ0) is 13.8. The van der Waals surface area contributed by atoms with Gasteiger partial charge in [0.25, 0.3) is 0 Å². The lowest BCUT2D eigenvalue weighted by molar-refractivity contribution is -0.136. The fourth-order valence-corrected chi connectivity index (χ4v) is 1.59. The van der Waals surface area contributed by atoms with Crippen molar-refractivity contribution in [2.24, 2.45) is 0 Å². The molecule has 0 saturated heterocycles. The lowest BCUT2D eigenvalue weighted by Crippen LogP contribution is -2.01. The van der Waals surface area contributed by atoms with Gasteiger partial charge in [0.2, 0.25) is 5.88 Å². The summed E-state index contributed by atoms with van der Waals surface area (Å²) in [7, 11) is 0. The zero-order valence-corrected chi connectivity index (χ0v) is 10.3. The molecule has 0 unspecified atom stereocenters. The van der Waals surface area contributed by atoms with Crippen LogP contribution in [-0.2, 0) is 11.2 Å². The average molecular weight is 261 g/mol. The first-order valence-corrected chi connectivity index (χ1v) is 5.66. The van der Waals surface area contributed by atoms with Crippen LogP contribution in [0, 0.1) is 12.7 Å². The molecule has 0 aliphatic carbocycles. The number of aliphatic carboxylic acids is 1. The molecule has 98 valence electrons. The highest BCUT2D eigenvalue weighted by molar-refractivity contribution is 5.70. The topological polar surface area (TPSA) is 59.4 Å². The number of carboxylic acids is 1. The predicted octanol–water partition coefficient (Wildman–Crippen LogP) is 2.95. The van der Waals surface area contributed by atoms with Gasteiger partial charge in [0.1, 0.15) is 0 Å². The molecule has 1 N–H and O–H groups in total. The van der Waals surface area contributed by atoms with Gasteiger partial charge in [0.05, 0.1) is 6.42 Å². The van der Waals surface area contributed by atoms with Gasteiger partial charge in [0, 0.05) is 11.8 Å². The predicted molar refractivity (Wildman–Crippen MR) is 66.8 cm³/mol. The Kier molecular flexibility index (Phi) is 3.75. The minimum atomic E-state index is -1.01. The minimum absolute atomic E-state index is 0.0240. The molecule has 0 amide bonds. The quantitative estimate of drug-likeness (QED) is 0.919. The van der Waals surface area contributed by atoms with Crippen LogP contribution in [0.4, 0.5) is 4.39 Å². The number of nitrogens with zero attached hydrogens (tertiary/aromatic N) is 1. The fourth-order valence-electron chi connectivity index (χ4n) is 1.59. The van der Waals surface area contributed by atoms with Crippen LogP contribution in [0.3, 0.4) is 0 Å². The van der Waals surface area contributed by atoms with E-state index in [1.807, 2.05) is 0 Å². The second-order valence-electron chi connectivity index (χ2n) is 4.06. The van der Waals surface area contributed by atoms with Gasteiger partial charge in [-0.1, -0.05) is 12.1 Å². The Morgan fingerprint density at radius 2 is 2.21 bits per heavy atom. The number of carboxylic acid groups (broad SMARTS) is 1. The number of aryl methyl sites for hydroxylation is 1. The smallest absolute Gasteiger partial charge is 0.307 e. The number of rotatable bonds is 4. The number of hydrogen-bond donors (Lipinski definition) is 1. The number of halogens is 1. The second-order valence-corrected chi connectivity index (χ2v) is 4.06. The largest absolute Gasteiger partial charge is 0.481 e. The van der Waals surface area contributed by atoms with E-state index < -0.39 is 11.8 Å². The lowest BCUT2D eigenvalue weighted by Gasteiger charge is -2.08. The molecule has 0 bridgehead atoms. The lowest BCUT2D eigenvalue weighted by atomic mass is 10.1. The molecular formula is C14H12FNO3. The van der Waals surface area contributed by atoms with Gasteiger partial charge in [-0.05, 0) is 30.7 Å². The Morgan fingerprint density at radius 3 is 2.84 bits per heavy atom. The maximum Gasteiger partial charge on any atom is 0.307 e. The van der Waals surface area contributed by atoms with Crippen molar-refractivity contribution in [2.45, 2.75) is 13.3 Å². The van der Waals surface area contributed by atoms with Crippen molar-refractivity contribution in [1.82, 2.24) is 4.98 Å². The summed E-state index contributed by atoms with van der Waals surface area (Å²) < 4.78 is 19.1. The molecule has 0 fully saturated rings. The minimum Gasteiger partial charge on any atom is -0.481 e. The van der Waals surface area contributed by atoms with Crippen molar-refractivity contribution < 1.29 is 19.0 Å². The Bertz CT molecular complexity index is 613. The molecule has 5 heteroatoms. The summed E-state index contributed by atoms with van der Waals surface area (Å²) >= 11 is 0. The molecule has 2 rings (SSSR count). The molecule has 0 radical (unpaired) electrons. The Morgan fingerprint density at radius 1 is 1.42 bits per heavy atom. The van der Waals surface area contributed by atoms with Crippen molar-refractivity contribution in [2.75, 3.05) is 0 Å². The third-order valence-corrected chi connectivity index (χ3v) is 2.52. The van der Waals surface area contributed by atoms with E-state index >= 15 is 0 Å². The van der Waals surface area contributed by atoms with Gasteiger partial charge in [0.15, 0.2) is 11.6 Å². The Balaban J connectivity index is 2.22. The summed E-state index contributed by atoms with van der Waals surface area (Å²) in [6, 6.07) is 7.64. The third kappa shape index (κ3) is 3.28. The molecule has 4 nitrogen and oxygen atoms in total. The van der Waals surface area contributed by atoms with Gasteiger partial charge in [-0.2, -0.15) is 0 Å². The summed E-state index contributed by atoms with van der Waals surface area (Å²) in [5.74, 6) is -1.26. The third-order valence-electron chi connectivity index (χ3n) is 2.52. The van der Waals surface area contributed by atoms with Crippen LogP contribution in [0.1, 0.15) is 11.1 Å². The maximum absolute atomic E-state index is 13.8. The molecule has 1 aromatic carbocycles. The van der Waals surface area contributed by atoms with Crippen LogP contribution in [0.25, 0.3) is 0 Å². The summed E-state index contributed by atoms with van der Waals surface area (Å²) in [5.41, 5.74) is 1.17. The van der Waals surface area contributed by atoms with E-state index in [-0.39, 0.29) is 12.2 Å². The Labute approximate surface area is 109 Å². The number of benzene rings is 1. The number of hydrogen-bond acceptors (Lipinski definition) is 3. The maximum atomic E-state index is 13.8. The van der Waals surface area contributed by atoms with Crippen LogP contribution < -0.4 is 4.74 Å². The molecule has 0 spiro atoms. The van der Waals surface area contributed by atoms with E-state index in [1.165, 1.54) is 12.1 Å². The zero-order valence-electron chi connectivity index (χ0n) is 10.3. The van der Waals surface area contributed by atoms with E-state index in [9.17, 15) is 9.18 Å². The van der Waals surface area contributed by atoms with E-state index in [2.05, 4.69) is 4.98 Å². The first kappa shape index (κ1) is 13.0. The van der Waals surface area contributed by atoms with Crippen molar-refractivity contribution in [1.29, 1.82) is 0 Å². The molecule has 2 aromatic rings. The molecule has 0 atom stereocenters. The number of aromatic nitrogens is 1. The van der Waals surface area contributed by atoms with E-state index in [0.717, 1.165) is 11.6 Å². The number of ether oxygens (including phenoxy) is 1. The summed E-state index contributed by atoms with van der Waals surface area (Å²) in [4.78, 5) is 14.5. The molecule has 1 aromatic heterocycles. The molecular weight excluding hydrogens is 249 g/mol. The van der Waals surface area contributed by atoms with E-state index in [0.29, 0.717) is 11.4 Å². The Hall–Kier alpha value is -2.43. The van der Waals surface area contributed by atoms with Crippen molar-refractivity contribution in [3.63, 3.8) is 0 Å². The van der Waals surface area contributed by atoms with Crippen LogP contribution in [0.15, 0.2) is 36.5 Å². The molecule has 19 heavy (non-hydrogen) atoms. The first-order valence-electron chi connectivity index (χ1n) is 5.66. The van der Waals surface area contributed by atoms with Gasteiger partial charge in [-0.3, -0.25) is 4.79 Å². The summed E-state index contributed by atoms with van der Waals surface area (Å²) in [6.45, 7) is 1.80. The molecule has 0 aliphatic heterocycles. The monoisotopic (exact) mass is 261 g/mol. The summed E-state index contributed by atoms with van der Waals surface area (Å²) in [5, 5.41) is 8.64. The molecule has 0 aliphatic rings. The van der Waals surface area contributed by atoms with Crippen molar-refractivity contribution >= 4 is 5.97 Å². The fraction of sp³-hybridized carbons (Fsp3) is 0.143. The van der Waals surface area contributed by atoms with Crippen LogP contribution in [-0.4, -0.2) is 16.1 Å². The van der Waals surface area contributed by atoms with Gasteiger partial charge in [-0.25, -0.2) is 9.37 Å². The first-order chi connectivity index (χ1) is 9.06. The molecule has 0 saturated carbocycles. The average Bonchev–Trinajstić information content (AvgIpc) is 2.34.